The standard InChI is InChI=1S/C29H28F7N5O2/c1-16-10-21(30)4-5-23(16)25-14-22(39-26(42)24-15-37-7-8-38-24)6-9-41(25)27(43)40(3)17(2)18-11-19(28(31,32)33)13-20(12-18)29(34,35)36/h4-5,7-8,10-13,15,17,22,25H,6,9,14H2,1-3H3,(H,39,42)/t17-,22+,25+/m0/s1. The van der Waals surface area contributed by atoms with Crippen LogP contribution in [0.1, 0.15) is 70.2 Å². The summed E-state index contributed by atoms with van der Waals surface area (Å²) in [5.74, 6) is -0.985. The number of nitrogens with zero attached hydrogens (tertiary/aromatic N) is 4. The van der Waals surface area contributed by atoms with Gasteiger partial charge in [0.1, 0.15) is 11.5 Å². The maximum atomic E-state index is 13.9. The molecule has 0 spiro atoms. The van der Waals surface area contributed by atoms with Gasteiger partial charge in [-0.25, -0.2) is 14.2 Å². The van der Waals surface area contributed by atoms with E-state index in [1.165, 1.54) is 55.7 Å². The van der Waals surface area contributed by atoms with Crippen LogP contribution in [0.5, 0.6) is 0 Å². The third-order valence-electron chi connectivity index (χ3n) is 7.55. The lowest BCUT2D eigenvalue weighted by Crippen LogP contribution is -2.51. The molecule has 4 rings (SSSR count). The minimum atomic E-state index is -5.04. The van der Waals surface area contributed by atoms with Crippen LogP contribution >= 0.6 is 0 Å². The van der Waals surface area contributed by atoms with Gasteiger partial charge in [-0.05, 0) is 73.7 Å². The molecule has 14 heteroatoms. The van der Waals surface area contributed by atoms with E-state index in [0.717, 1.165) is 4.90 Å². The van der Waals surface area contributed by atoms with Crippen molar-refractivity contribution >= 4 is 11.9 Å². The first-order chi connectivity index (χ1) is 20.1. The van der Waals surface area contributed by atoms with Crippen LogP contribution in [-0.4, -0.2) is 51.3 Å². The zero-order chi connectivity index (χ0) is 31.7. The topological polar surface area (TPSA) is 78.4 Å². The third kappa shape index (κ3) is 7.23. The van der Waals surface area contributed by atoms with E-state index in [0.29, 0.717) is 29.7 Å². The number of benzene rings is 2. The Labute approximate surface area is 242 Å². The summed E-state index contributed by atoms with van der Waals surface area (Å²) in [5.41, 5.74) is -2.13. The Kier molecular flexibility index (Phi) is 8.97. The van der Waals surface area contributed by atoms with Crippen molar-refractivity contribution in [2.45, 2.75) is 57.2 Å². The lowest BCUT2D eigenvalue weighted by Gasteiger charge is -2.43. The minimum absolute atomic E-state index is 0.0332. The summed E-state index contributed by atoms with van der Waals surface area (Å²) < 4.78 is 94.8. The summed E-state index contributed by atoms with van der Waals surface area (Å²) >= 11 is 0. The highest BCUT2D eigenvalue weighted by molar-refractivity contribution is 5.92. The van der Waals surface area contributed by atoms with Gasteiger partial charge in [0.05, 0.1) is 29.4 Å². The van der Waals surface area contributed by atoms with Gasteiger partial charge in [-0.15, -0.1) is 0 Å². The molecule has 0 radical (unpaired) electrons. The lowest BCUT2D eigenvalue weighted by atomic mass is 9.89. The fourth-order valence-electron chi connectivity index (χ4n) is 5.12. The van der Waals surface area contributed by atoms with Crippen molar-refractivity contribution in [3.8, 4) is 0 Å². The maximum absolute atomic E-state index is 13.9. The summed E-state index contributed by atoms with van der Waals surface area (Å²) in [6, 6.07) is 2.27. The second-order valence-electron chi connectivity index (χ2n) is 10.4. The maximum Gasteiger partial charge on any atom is 0.416 e. The van der Waals surface area contributed by atoms with Crippen LogP contribution in [-0.2, 0) is 12.4 Å². The van der Waals surface area contributed by atoms with Gasteiger partial charge in [-0.3, -0.25) is 9.78 Å². The van der Waals surface area contributed by atoms with Gasteiger partial charge in [-0.2, -0.15) is 26.3 Å². The second kappa shape index (κ2) is 12.2. The summed E-state index contributed by atoms with van der Waals surface area (Å²) in [4.78, 5) is 36.9. The van der Waals surface area contributed by atoms with Crippen molar-refractivity contribution in [1.29, 1.82) is 0 Å². The van der Waals surface area contributed by atoms with Crippen molar-refractivity contribution in [3.05, 3.63) is 94.3 Å². The molecule has 7 nitrogen and oxygen atoms in total. The Hall–Kier alpha value is -4.23. The Morgan fingerprint density at radius 2 is 1.67 bits per heavy atom. The number of urea groups is 1. The van der Waals surface area contributed by atoms with Crippen molar-refractivity contribution in [2.75, 3.05) is 13.6 Å². The van der Waals surface area contributed by atoms with E-state index in [1.807, 2.05) is 0 Å². The van der Waals surface area contributed by atoms with E-state index in [4.69, 9.17) is 0 Å². The van der Waals surface area contributed by atoms with E-state index in [1.54, 1.807) is 6.92 Å². The molecule has 0 unspecified atom stereocenters. The molecule has 0 aliphatic carbocycles. The number of aromatic nitrogens is 2. The molecule has 0 saturated carbocycles. The average Bonchev–Trinajstić information content (AvgIpc) is 2.95. The second-order valence-corrected chi connectivity index (χ2v) is 10.4. The summed E-state index contributed by atoms with van der Waals surface area (Å²) in [6.07, 6.45) is -5.52. The molecule has 2 heterocycles. The number of hydrogen-bond acceptors (Lipinski definition) is 4. The molecule has 0 bridgehead atoms. The number of nitrogens with one attached hydrogen (secondary N) is 1. The van der Waals surface area contributed by atoms with Gasteiger partial charge in [0.25, 0.3) is 5.91 Å². The van der Waals surface area contributed by atoms with Crippen molar-refractivity contribution in [1.82, 2.24) is 25.1 Å². The van der Waals surface area contributed by atoms with E-state index in [-0.39, 0.29) is 30.3 Å². The third-order valence-corrected chi connectivity index (χ3v) is 7.55. The number of alkyl halides is 6. The molecule has 230 valence electrons. The fraction of sp³-hybridized carbons (Fsp3) is 0.379. The number of amides is 3. The predicted octanol–water partition coefficient (Wildman–Crippen LogP) is 6.71. The number of piperidine rings is 1. The first-order valence-corrected chi connectivity index (χ1v) is 13.2. The Bertz CT molecular complexity index is 1450. The van der Waals surface area contributed by atoms with Gasteiger partial charge in [-0.1, -0.05) is 6.07 Å². The zero-order valence-electron chi connectivity index (χ0n) is 23.3. The van der Waals surface area contributed by atoms with E-state index in [2.05, 4.69) is 15.3 Å². The zero-order valence-corrected chi connectivity index (χ0v) is 23.3. The first kappa shape index (κ1) is 31.7. The number of rotatable bonds is 5. The van der Waals surface area contributed by atoms with E-state index in [9.17, 15) is 40.3 Å². The molecule has 1 aromatic heterocycles. The number of aryl methyl sites for hydroxylation is 1. The number of hydrogen-bond donors (Lipinski definition) is 1. The molecule has 2 aromatic carbocycles. The molecule has 3 atom stereocenters. The van der Waals surface area contributed by atoms with Crippen LogP contribution in [0.3, 0.4) is 0 Å². The number of halogens is 7. The quantitative estimate of drug-likeness (QED) is 0.326. The molecule has 43 heavy (non-hydrogen) atoms. The van der Waals surface area contributed by atoms with Crippen LogP contribution in [0.2, 0.25) is 0 Å². The normalized spacial score (nSPS) is 18.2. The summed E-state index contributed by atoms with van der Waals surface area (Å²) in [7, 11) is 1.29. The molecule has 1 saturated heterocycles. The van der Waals surface area contributed by atoms with Gasteiger partial charge in [0.15, 0.2) is 0 Å². The van der Waals surface area contributed by atoms with Crippen LogP contribution in [0.4, 0.5) is 35.5 Å². The molecule has 1 N–H and O–H groups in total. The molecule has 1 aliphatic rings. The molecular weight excluding hydrogens is 583 g/mol. The van der Waals surface area contributed by atoms with Gasteiger partial charge < -0.3 is 15.1 Å². The van der Waals surface area contributed by atoms with Gasteiger partial charge in [0.2, 0.25) is 0 Å². The molecular formula is C29H28F7N5O2. The average molecular weight is 612 g/mol. The lowest BCUT2D eigenvalue weighted by molar-refractivity contribution is -0.143. The molecule has 1 aliphatic heterocycles. The summed E-state index contributed by atoms with van der Waals surface area (Å²) in [5, 5.41) is 2.86. The highest BCUT2D eigenvalue weighted by Gasteiger charge is 2.40. The van der Waals surface area contributed by atoms with Crippen molar-refractivity contribution in [3.63, 3.8) is 0 Å². The van der Waals surface area contributed by atoms with Crippen molar-refractivity contribution < 1.29 is 40.3 Å². The SMILES string of the molecule is Cc1cc(F)ccc1[C@H]1C[C@H](NC(=O)c2cnccn2)CCN1C(=O)N(C)[C@@H](C)c1cc(C(F)(F)F)cc(C(F)(F)F)c1. The van der Waals surface area contributed by atoms with Crippen LogP contribution in [0.15, 0.2) is 55.0 Å². The van der Waals surface area contributed by atoms with E-state index < -0.39 is 59.4 Å². The smallest absolute Gasteiger partial charge is 0.348 e. The molecule has 3 amide bonds. The molecule has 1 fully saturated rings. The van der Waals surface area contributed by atoms with E-state index >= 15 is 0 Å². The largest absolute Gasteiger partial charge is 0.416 e. The number of likely N-dealkylation sites (tertiary alicyclic amines) is 1. The monoisotopic (exact) mass is 611 g/mol. The molecule has 3 aromatic rings. The first-order valence-electron chi connectivity index (χ1n) is 13.2. The number of carbonyl (C=O) groups excluding carboxylic acids is 2. The Morgan fingerprint density at radius 3 is 2.23 bits per heavy atom. The Morgan fingerprint density at radius 1 is 1.02 bits per heavy atom. The minimum Gasteiger partial charge on any atom is -0.348 e. The van der Waals surface area contributed by atoms with Crippen molar-refractivity contribution in [2.24, 2.45) is 0 Å². The van der Waals surface area contributed by atoms with Gasteiger partial charge in [0, 0.05) is 32.0 Å². The highest BCUT2D eigenvalue weighted by Crippen LogP contribution is 2.39. The number of carbonyl (C=O) groups is 2. The fourth-order valence-corrected chi connectivity index (χ4v) is 5.12. The Balaban J connectivity index is 1.63. The highest BCUT2D eigenvalue weighted by atomic mass is 19.4. The van der Waals surface area contributed by atoms with Crippen LogP contribution in [0, 0.1) is 12.7 Å². The summed E-state index contributed by atoms with van der Waals surface area (Å²) in [6.45, 7) is 3.06. The van der Waals surface area contributed by atoms with Crippen LogP contribution < -0.4 is 5.32 Å². The van der Waals surface area contributed by atoms with Gasteiger partial charge >= 0.3 is 18.4 Å². The van der Waals surface area contributed by atoms with Crippen LogP contribution in [0.25, 0.3) is 0 Å². The predicted molar refractivity (Wildman–Crippen MR) is 141 cm³/mol.